The van der Waals surface area contributed by atoms with Crippen LogP contribution in [0.5, 0.6) is 5.75 Å². The van der Waals surface area contributed by atoms with Gasteiger partial charge in [-0.1, -0.05) is 30.3 Å². The molecule has 0 aliphatic rings. The molecule has 0 radical (unpaired) electrons. The summed E-state index contributed by atoms with van der Waals surface area (Å²) in [5.41, 5.74) is 2.54. The van der Waals surface area contributed by atoms with Gasteiger partial charge in [0, 0.05) is 11.1 Å². The summed E-state index contributed by atoms with van der Waals surface area (Å²) >= 11 is 5.70. The SMILES string of the molecule is Oc1cnc(-c2ccccc2)cc1CCl. The van der Waals surface area contributed by atoms with Crippen molar-refractivity contribution in [2.24, 2.45) is 0 Å². The number of alkyl halides is 1. The van der Waals surface area contributed by atoms with E-state index in [1.807, 2.05) is 30.3 Å². The Morgan fingerprint density at radius 3 is 2.60 bits per heavy atom. The van der Waals surface area contributed by atoms with Crippen molar-refractivity contribution in [3.63, 3.8) is 0 Å². The van der Waals surface area contributed by atoms with Gasteiger partial charge in [-0.2, -0.15) is 0 Å². The predicted octanol–water partition coefficient (Wildman–Crippen LogP) is 3.19. The second kappa shape index (κ2) is 4.32. The van der Waals surface area contributed by atoms with Crippen molar-refractivity contribution < 1.29 is 5.11 Å². The topological polar surface area (TPSA) is 33.1 Å². The van der Waals surface area contributed by atoms with E-state index >= 15 is 0 Å². The number of benzene rings is 1. The van der Waals surface area contributed by atoms with Crippen LogP contribution in [0.3, 0.4) is 0 Å². The first kappa shape index (κ1) is 9.99. The number of halogens is 1. The predicted molar refractivity (Wildman–Crippen MR) is 60.9 cm³/mol. The smallest absolute Gasteiger partial charge is 0.138 e. The third-order valence-corrected chi connectivity index (χ3v) is 2.47. The van der Waals surface area contributed by atoms with Gasteiger partial charge in [-0.15, -0.1) is 11.6 Å². The average molecular weight is 220 g/mol. The van der Waals surface area contributed by atoms with Crippen LogP contribution in [0, 0.1) is 0 Å². The molecule has 0 atom stereocenters. The maximum Gasteiger partial charge on any atom is 0.138 e. The molecule has 3 heteroatoms. The molecule has 1 aromatic carbocycles. The fraction of sp³-hybridized carbons (Fsp3) is 0.0833. The van der Waals surface area contributed by atoms with Crippen molar-refractivity contribution in [1.29, 1.82) is 0 Å². The van der Waals surface area contributed by atoms with E-state index in [0.717, 1.165) is 11.3 Å². The zero-order valence-corrected chi connectivity index (χ0v) is 8.78. The van der Waals surface area contributed by atoms with Gasteiger partial charge in [0.2, 0.25) is 0 Å². The van der Waals surface area contributed by atoms with Gasteiger partial charge >= 0.3 is 0 Å². The van der Waals surface area contributed by atoms with E-state index in [2.05, 4.69) is 4.98 Å². The molecule has 0 fully saturated rings. The van der Waals surface area contributed by atoms with Crippen LogP contribution in [-0.4, -0.2) is 10.1 Å². The average Bonchev–Trinajstić information content (AvgIpc) is 2.31. The molecule has 0 amide bonds. The lowest BCUT2D eigenvalue weighted by Gasteiger charge is -2.04. The van der Waals surface area contributed by atoms with Gasteiger partial charge in [0.05, 0.1) is 17.8 Å². The Balaban J connectivity index is 2.46. The van der Waals surface area contributed by atoms with Gasteiger partial charge in [-0.05, 0) is 6.07 Å². The quantitative estimate of drug-likeness (QED) is 0.787. The van der Waals surface area contributed by atoms with Gasteiger partial charge in [-0.3, -0.25) is 4.98 Å². The highest BCUT2D eigenvalue weighted by molar-refractivity contribution is 6.17. The van der Waals surface area contributed by atoms with Crippen LogP contribution in [-0.2, 0) is 5.88 Å². The molecule has 0 saturated carbocycles. The third kappa shape index (κ3) is 2.10. The van der Waals surface area contributed by atoms with E-state index in [-0.39, 0.29) is 11.6 Å². The molecule has 2 aromatic rings. The number of aromatic hydroxyl groups is 1. The summed E-state index contributed by atoms with van der Waals surface area (Å²) in [5, 5.41) is 9.43. The van der Waals surface area contributed by atoms with Crippen LogP contribution in [0.25, 0.3) is 11.3 Å². The standard InChI is InChI=1S/C12H10ClNO/c13-7-10-6-11(14-8-12(10)15)9-4-2-1-3-5-9/h1-6,8,15H,7H2. The first-order chi connectivity index (χ1) is 7.31. The molecule has 0 aliphatic heterocycles. The Morgan fingerprint density at radius 2 is 1.93 bits per heavy atom. The molecular formula is C12H10ClNO. The van der Waals surface area contributed by atoms with E-state index in [9.17, 15) is 5.11 Å². The number of pyridine rings is 1. The highest BCUT2D eigenvalue weighted by atomic mass is 35.5. The Morgan fingerprint density at radius 1 is 1.20 bits per heavy atom. The minimum Gasteiger partial charge on any atom is -0.506 e. The van der Waals surface area contributed by atoms with Crippen molar-refractivity contribution in [3.05, 3.63) is 48.2 Å². The summed E-state index contributed by atoms with van der Waals surface area (Å²) in [6.45, 7) is 0. The first-order valence-electron chi connectivity index (χ1n) is 4.60. The highest BCUT2D eigenvalue weighted by Crippen LogP contribution is 2.24. The van der Waals surface area contributed by atoms with Crippen molar-refractivity contribution in [1.82, 2.24) is 4.98 Å². The number of hydrogen-bond donors (Lipinski definition) is 1. The van der Waals surface area contributed by atoms with Crippen molar-refractivity contribution in [2.45, 2.75) is 5.88 Å². The van der Waals surface area contributed by atoms with Gasteiger partial charge < -0.3 is 5.11 Å². The first-order valence-corrected chi connectivity index (χ1v) is 5.14. The van der Waals surface area contributed by atoms with Crippen LogP contribution in [0.4, 0.5) is 0 Å². The summed E-state index contributed by atoms with van der Waals surface area (Å²) in [5.74, 6) is 0.429. The van der Waals surface area contributed by atoms with Crippen LogP contribution < -0.4 is 0 Å². The van der Waals surface area contributed by atoms with Crippen LogP contribution >= 0.6 is 11.6 Å². The molecule has 1 aromatic heterocycles. The zero-order chi connectivity index (χ0) is 10.7. The summed E-state index contributed by atoms with van der Waals surface area (Å²) in [6.07, 6.45) is 1.43. The lowest BCUT2D eigenvalue weighted by atomic mass is 10.1. The number of aromatic nitrogens is 1. The lowest BCUT2D eigenvalue weighted by molar-refractivity contribution is 0.468. The molecule has 1 heterocycles. The summed E-state index contributed by atoms with van der Waals surface area (Å²) in [7, 11) is 0. The zero-order valence-electron chi connectivity index (χ0n) is 8.02. The van der Waals surface area contributed by atoms with E-state index in [0.29, 0.717) is 5.56 Å². The fourth-order valence-corrected chi connectivity index (χ4v) is 1.58. The minimum absolute atomic E-state index is 0.143. The Bertz CT molecular complexity index is 456. The van der Waals surface area contributed by atoms with Gasteiger partial charge in [0.15, 0.2) is 0 Å². The summed E-state index contributed by atoms with van der Waals surface area (Å²) in [4.78, 5) is 4.15. The Hall–Kier alpha value is -1.54. The summed E-state index contributed by atoms with van der Waals surface area (Å²) in [6, 6.07) is 11.6. The van der Waals surface area contributed by atoms with Crippen LogP contribution in [0.1, 0.15) is 5.56 Å². The third-order valence-electron chi connectivity index (χ3n) is 2.18. The molecule has 2 rings (SSSR count). The largest absolute Gasteiger partial charge is 0.506 e. The van der Waals surface area contributed by atoms with E-state index in [4.69, 9.17) is 11.6 Å². The minimum atomic E-state index is 0.143. The Kier molecular flexibility index (Phi) is 2.88. The van der Waals surface area contributed by atoms with Gasteiger partial charge in [0.25, 0.3) is 0 Å². The Labute approximate surface area is 93.2 Å². The molecule has 1 N–H and O–H groups in total. The van der Waals surface area contributed by atoms with Gasteiger partial charge in [-0.25, -0.2) is 0 Å². The maximum absolute atomic E-state index is 9.43. The van der Waals surface area contributed by atoms with E-state index in [1.165, 1.54) is 6.20 Å². The molecule has 0 spiro atoms. The van der Waals surface area contributed by atoms with Gasteiger partial charge in [0.1, 0.15) is 5.75 Å². The molecule has 2 nitrogen and oxygen atoms in total. The van der Waals surface area contributed by atoms with Crippen molar-refractivity contribution in [3.8, 4) is 17.0 Å². The molecular weight excluding hydrogens is 210 g/mol. The van der Waals surface area contributed by atoms with Crippen LogP contribution in [0.2, 0.25) is 0 Å². The van der Waals surface area contributed by atoms with Crippen LogP contribution in [0.15, 0.2) is 42.6 Å². The molecule has 76 valence electrons. The maximum atomic E-state index is 9.43. The second-order valence-corrected chi connectivity index (χ2v) is 3.47. The molecule has 0 saturated heterocycles. The monoisotopic (exact) mass is 219 g/mol. The van der Waals surface area contributed by atoms with E-state index in [1.54, 1.807) is 6.07 Å². The number of rotatable bonds is 2. The number of nitrogens with zero attached hydrogens (tertiary/aromatic N) is 1. The number of hydrogen-bond acceptors (Lipinski definition) is 2. The van der Waals surface area contributed by atoms with Crippen molar-refractivity contribution in [2.75, 3.05) is 0 Å². The molecule has 0 aliphatic carbocycles. The normalized spacial score (nSPS) is 10.2. The van der Waals surface area contributed by atoms with E-state index < -0.39 is 0 Å². The second-order valence-electron chi connectivity index (χ2n) is 3.20. The fourth-order valence-electron chi connectivity index (χ4n) is 1.36. The highest BCUT2D eigenvalue weighted by Gasteiger charge is 2.04. The molecule has 15 heavy (non-hydrogen) atoms. The lowest BCUT2D eigenvalue weighted by Crippen LogP contribution is -1.87. The summed E-state index contributed by atoms with van der Waals surface area (Å²) < 4.78 is 0. The molecule has 0 bridgehead atoms. The molecule has 0 unspecified atom stereocenters. The van der Waals surface area contributed by atoms with Crippen molar-refractivity contribution >= 4 is 11.6 Å².